The Kier molecular flexibility index (Phi) is 5.08. The summed E-state index contributed by atoms with van der Waals surface area (Å²) >= 11 is 0. The van der Waals surface area contributed by atoms with Gasteiger partial charge in [0.15, 0.2) is 0 Å². The van der Waals surface area contributed by atoms with Crippen molar-refractivity contribution in [3.8, 4) is 28.6 Å². The fourth-order valence-corrected chi connectivity index (χ4v) is 2.92. The lowest BCUT2D eigenvalue weighted by atomic mass is 10.00. The molecule has 28 heavy (non-hydrogen) atoms. The highest BCUT2D eigenvalue weighted by molar-refractivity contribution is 5.90. The maximum atomic E-state index is 12.3. The van der Waals surface area contributed by atoms with Crippen molar-refractivity contribution >= 4 is 11.8 Å². The predicted molar refractivity (Wildman–Crippen MR) is 99.7 cm³/mol. The van der Waals surface area contributed by atoms with Crippen LogP contribution in [0, 0.1) is 6.92 Å². The molecule has 0 bridgehead atoms. The lowest BCUT2D eigenvalue weighted by Crippen LogP contribution is -2.07. The molecule has 0 radical (unpaired) electrons. The number of carboxylic acids is 1. The van der Waals surface area contributed by atoms with Crippen molar-refractivity contribution < 1.29 is 34.4 Å². The summed E-state index contributed by atoms with van der Waals surface area (Å²) in [4.78, 5) is 23.4. The molecule has 1 aromatic heterocycles. The highest BCUT2D eigenvalue weighted by Crippen LogP contribution is 2.32. The van der Waals surface area contributed by atoms with E-state index in [0.717, 1.165) is 12.1 Å². The molecular weight excluding hydrogens is 364 g/mol. The number of aryl methyl sites for hydroxylation is 1. The van der Waals surface area contributed by atoms with Crippen LogP contribution >= 0.6 is 0 Å². The number of furan rings is 1. The third-order valence-corrected chi connectivity index (χ3v) is 4.35. The molecule has 0 saturated carbocycles. The summed E-state index contributed by atoms with van der Waals surface area (Å²) in [6.07, 6.45) is -0.101. The number of rotatable bonds is 6. The number of phenolic OH excluding ortho intramolecular Hbond substituents is 3. The molecule has 0 spiro atoms. The van der Waals surface area contributed by atoms with Crippen LogP contribution < -0.4 is 0 Å². The Labute approximate surface area is 160 Å². The third-order valence-electron chi connectivity index (χ3n) is 4.35. The molecule has 1 heterocycles. The first kappa shape index (κ1) is 19.0. The second-order valence-electron chi connectivity index (χ2n) is 6.44. The number of aromatic hydroxyl groups is 3. The van der Waals surface area contributed by atoms with Gasteiger partial charge in [0.1, 0.15) is 40.1 Å². The van der Waals surface area contributed by atoms with Crippen molar-refractivity contribution in [2.45, 2.75) is 19.8 Å². The summed E-state index contributed by atoms with van der Waals surface area (Å²) < 4.78 is 5.47. The number of ketones is 1. The van der Waals surface area contributed by atoms with Gasteiger partial charge in [-0.05, 0) is 18.6 Å². The number of Topliss-reactive ketones (excluding diaryl/α,β-unsaturated/α-hetero) is 1. The van der Waals surface area contributed by atoms with E-state index in [1.165, 1.54) is 6.07 Å². The molecule has 0 fully saturated rings. The van der Waals surface area contributed by atoms with Gasteiger partial charge in [0, 0.05) is 36.1 Å². The van der Waals surface area contributed by atoms with Crippen molar-refractivity contribution in [3.05, 3.63) is 64.9 Å². The molecule has 0 aliphatic heterocycles. The van der Waals surface area contributed by atoms with Crippen molar-refractivity contribution in [1.29, 1.82) is 0 Å². The number of hydrogen-bond acceptors (Lipinski definition) is 6. The van der Waals surface area contributed by atoms with Gasteiger partial charge in [0.05, 0.1) is 0 Å². The normalized spacial score (nSPS) is 10.8. The van der Waals surface area contributed by atoms with E-state index in [2.05, 4.69) is 0 Å². The molecule has 4 N–H and O–H groups in total. The van der Waals surface area contributed by atoms with Crippen LogP contribution in [0.5, 0.6) is 17.2 Å². The van der Waals surface area contributed by atoms with E-state index in [4.69, 9.17) is 9.52 Å². The number of phenols is 3. The summed E-state index contributed by atoms with van der Waals surface area (Å²) in [5.74, 6) is -1.53. The van der Waals surface area contributed by atoms with E-state index < -0.39 is 5.97 Å². The SMILES string of the molecule is Cc1oc(-c2ccc(CC(=O)Cc3c(O)cc(O)cc3O)cc2)cc1C(=O)O. The third kappa shape index (κ3) is 3.98. The molecule has 3 rings (SSSR count). The molecule has 3 aromatic rings. The number of aromatic carboxylic acids is 1. The fraction of sp³-hybridized carbons (Fsp3) is 0.143. The Morgan fingerprint density at radius 3 is 2.07 bits per heavy atom. The standard InChI is InChI=1S/C21H18O7/c1-11-16(21(26)27)10-20(28-11)13-4-2-12(3-5-13)6-14(22)7-17-18(24)8-15(23)9-19(17)25/h2-5,8-10,23-25H,6-7H2,1H3,(H,26,27). The Morgan fingerprint density at radius 1 is 0.929 bits per heavy atom. The monoisotopic (exact) mass is 382 g/mol. The van der Waals surface area contributed by atoms with Gasteiger partial charge in [-0.1, -0.05) is 24.3 Å². The molecule has 0 atom stereocenters. The van der Waals surface area contributed by atoms with E-state index in [9.17, 15) is 24.9 Å². The predicted octanol–water partition coefficient (Wildman–Crippen LogP) is 3.42. The highest BCUT2D eigenvalue weighted by atomic mass is 16.4. The minimum absolute atomic E-state index is 0.0617. The maximum Gasteiger partial charge on any atom is 0.339 e. The van der Waals surface area contributed by atoms with E-state index in [0.29, 0.717) is 22.6 Å². The molecule has 0 aliphatic carbocycles. The van der Waals surface area contributed by atoms with Crippen LogP contribution in [0.4, 0.5) is 0 Å². The van der Waals surface area contributed by atoms with Gasteiger partial charge in [-0.25, -0.2) is 4.79 Å². The van der Waals surface area contributed by atoms with Crippen LogP contribution in [0.3, 0.4) is 0 Å². The van der Waals surface area contributed by atoms with Gasteiger partial charge < -0.3 is 24.8 Å². The van der Waals surface area contributed by atoms with E-state index in [1.807, 2.05) is 0 Å². The molecular formula is C21H18O7. The molecule has 7 heteroatoms. The first-order valence-electron chi connectivity index (χ1n) is 8.43. The summed E-state index contributed by atoms with van der Waals surface area (Å²) in [6, 6.07) is 10.5. The highest BCUT2D eigenvalue weighted by Gasteiger charge is 2.16. The van der Waals surface area contributed by atoms with Crippen molar-refractivity contribution in [2.24, 2.45) is 0 Å². The van der Waals surface area contributed by atoms with Crippen LogP contribution in [0.15, 0.2) is 46.9 Å². The summed E-state index contributed by atoms with van der Waals surface area (Å²) in [7, 11) is 0. The Hall–Kier alpha value is -3.74. The van der Waals surface area contributed by atoms with Gasteiger partial charge in [0.25, 0.3) is 0 Å². The van der Waals surface area contributed by atoms with Gasteiger partial charge in [0.2, 0.25) is 0 Å². The van der Waals surface area contributed by atoms with Gasteiger partial charge >= 0.3 is 5.97 Å². The Bertz CT molecular complexity index is 1020. The lowest BCUT2D eigenvalue weighted by Gasteiger charge is -2.08. The van der Waals surface area contributed by atoms with E-state index >= 15 is 0 Å². The number of carbonyl (C=O) groups is 2. The van der Waals surface area contributed by atoms with Crippen molar-refractivity contribution in [1.82, 2.24) is 0 Å². The molecule has 0 aliphatic rings. The summed E-state index contributed by atoms with van der Waals surface area (Å²) in [6.45, 7) is 1.58. The molecule has 144 valence electrons. The Balaban J connectivity index is 1.71. The molecule has 7 nitrogen and oxygen atoms in total. The quantitative estimate of drug-likeness (QED) is 0.514. The number of carboxylic acid groups (broad SMARTS) is 1. The average molecular weight is 382 g/mol. The molecule has 2 aromatic carbocycles. The van der Waals surface area contributed by atoms with Crippen molar-refractivity contribution in [3.63, 3.8) is 0 Å². The van der Waals surface area contributed by atoms with Crippen LogP contribution in [-0.4, -0.2) is 32.2 Å². The number of benzene rings is 2. The largest absolute Gasteiger partial charge is 0.508 e. The first-order valence-corrected chi connectivity index (χ1v) is 8.43. The average Bonchev–Trinajstić information content (AvgIpc) is 3.01. The van der Waals surface area contributed by atoms with Crippen LogP contribution in [0.1, 0.15) is 27.2 Å². The second-order valence-corrected chi connectivity index (χ2v) is 6.44. The zero-order valence-corrected chi connectivity index (χ0v) is 15.0. The minimum Gasteiger partial charge on any atom is -0.508 e. The van der Waals surface area contributed by atoms with Gasteiger partial charge in [-0.2, -0.15) is 0 Å². The van der Waals surface area contributed by atoms with Crippen LogP contribution in [-0.2, 0) is 17.6 Å². The van der Waals surface area contributed by atoms with Crippen LogP contribution in [0.25, 0.3) is 11.3 Å². The second kappa shape index (κ2) is 7.48. The Morgan fingerprint density at radius 2 is 1.54 bits per heavy atom. The fourth-order valence-electron chi connectivity index (χ4n) is 2.92. The number of hydrogen-bond donors (Lipinski definition) is 4. The van der Waals surface area contributed by atoms with Crippen molar-refractivity contribution in [2.75, 3.05) is 0 Å². The zero-order chi connectivity index (χ0) is 20.4. The lowest BCUT2D eigenvalue weighted by molar-refractivity contribution is -0.117. The maximum absolute atomic E-state index is 12.3. The van der Waals surface area contributed by atoms with Gasteiger partial charge in [-0.3, -0.25) is 4.79 Å². The molecule has 0 amide bonds. The van der Waals surface area contributed by atoms with E-state index in [1.54, 1.807) is 31.2 Å². The summed E-state index contributed by atoms with van der Waals surface area (Å²) in [5, 5.41) is 38.0. The van der Waals surface area contributed by atoms with Crippen LogP contribution in [0.2, 0.25) is 0 Å². The molecule has 0 saturated heterocycles. The number of carbonyl (C=O) groups excluding carboxylic acids is 1. The van der Waals surface area contributed by atoms with E-state index in [-0.39, 0.29) is 47.0 Å². The molecule has 0 unspecified atom stereocenters. The smallest absolute Gasteiger partial charge is 0.339 e. The summed E-state index contributed by atoms with van der Waals surface area (Å²) in [5.41, 5.74) is 1.56. The first-order chi connectivity index (χ1) is 13.2. The van der Waals surface area contributed by atoms with Gasteiger partial charge in [-0.15, -0.1) is 0 Å². The minimum atomic E-state index is -1.06. The zero-order valence-electron chi connectivity index (χ0n) is 15.0. The topological polar surface area (TPSA) is 128 Å².